The number of imide groups is 1. The number of thioether (sulfide) groups is 1. The second kappa shape index (κ2) is 7.03. The summed E-state index contributed by atoms with van der Waals surface area (Å²) in [6.07, 6.45) is 2.35. The fourth-order valence-electron chi connectivity index (χ4n) is 2.64. The Morgan fingerprint density at radius 3 is 2.68 bits per heavy atom. The lowest BCUT2D eigenvalue weighted by atomic mass is 10.1. The van der Waals surface area contributed by atoms with Gasteiger partial charge in [-0.3, -0.25) is 9.59 Å². The van der Waals surface area contributed by atoms with Crippen molar-refractivity contribution in [2.24, 2.45) is 0 Å². The Hall–Kier alpha value is -2.73. The van der Waals surface area contributed by atoms with Gasteiger partial charge in [0.25, 0.3) is 11.1 Å². The zero-order valence-electron chi connectivity index (χ0n) is 13.9. The number of anilines is 1. The molecule has 1 aliphatic rings. The standard InChI is InChI=1S/C19H17NO4S/c1-3-13-6-4-5-7-14(13)20-18(22)17(25-19(20)23)11-12-8-9-15(21)16(10-12)24-2/h4-11,21H,3H2,1-2H3/b17-11-. The first-order valence-corrected chi connectivity index (χ1v) is 8.59. The summed E-state index contributed by atoms with van der Waals surface area (Å²) in [5.41, 5.74) is 2.24. The normalized spacial score (nSPS) is 15.9. The van der Waals surface area contributed by atoms with Gasteiger partial charge < -0.3 is 9.84 Å². The van der Waals surface area contributed by atoms with Crippen molar-refractivity contribution < 1.29 is 19.4 Å². The van der Waals surface area contributed by atoms with Crippen LogP contribution in [0.1, 0.15) is 18.1 Å². The van der Waals surface area contributed by atoms with Crippen LogP contribution in [0.25, 0.3) is 6.08 Å². The minimum Gasteiger partial charge on any atom is -0.504 e. The van der Waals surface area contributed by atoms with E-state index in [2.05, 4.69) is 0 Å². The van der Waals surface area contributed by atoms with E-state index in [1.54, 1.807) is 24.3 Å². The third-order valence-corrected chi connectivity index (χ3v) is 4.78. The zero-order valence-corrected chi connectivity index (χ0v) is 14.7. The number of hydrogen-bond acceptors (Lipinski definition) is 5. The van der Waals surface area contributed by atoms with Crippen LogP contribution in [0.2, 0.25) is 0 Å². The molecule has 5 nitrogen and oxygen atoms in total. The van der Waals surface area contributed by atoms with Crippen LogP contribution in [0.15, 0.2) is 47.4 Å². The number of nitrogens with zero attached hydrogens (tertiary/aromatic N) is 1. The van der Waals surface area contributed by atoms with E-state index in [0.29, 0.717) is 21.9 Å². The van der Waals surface area contributed by atoms with E-state index in [-0.39, 0.29) is 16.9 Å². The summed E-state index contributed by atoms with van der Waals surface area (Å²) < 4.78 is 5.07. The third kappa shape index (κ3) is 3.25. The van der Waals surface area contributed by atoms with Gasteiger partial charge in [-0.05, 0) is 53.6 Å². The Labute approximate surface area is 149 Å². The van der Waals surface area contributed by atoms with E-state index >= 15 is 0 Å². The Morgan fingerprint density at radius 1 is 1.20 bits per heavy atom. The molecule has 1 saturated heterocycles. The lowest BCUT2D eigenvalue weighted by Gasteiger charge is -2.16. The fourth-order valence-corrected chi connectivity index (χ4v) is 3.47. The first-order valence-electron chi connectivity index (χ1n) is 7.78. The van der Waals surface area contributed by atoms with Crippen LogP contribution in [0.3, 0.4) is 0 Å². The van der Waals surface area contributed by atoms with Gasteiger partial charge in [-0.2, -0.15) is 0 Å². The minimum absolute atomic E-state index is 0.0182. The van der Waals surface area contributed by atoms with Gasteiger partial charge in [-0.25, -0.2) is 4.90 Å². The third-order valence-electron chi connectivity index (χ3n) is 3.91. The molecule has 3 rings (SSSR count). The Kier molecular flexibility index (Phi) is 4.81. The maximum absolute atomic E-state index is 12.7. The van der Waals surface area contributed by atoms with Gasteiger partial charge in [-0.15, -0.1) is 0 Å². The Bertz CT molecular complexity index is 875. The highest BCUT2D eigenvalue weighted by Crippen LogP contribution is 2.38. The quantitative estimate of drug-likeness (QED) is 0.833. The van der Waals surface area contributed by atoms with E-state index in [4.69, 9.17) is 4.74 Å². The molecule has 0 saturated carbocycles. The predicted octanol–water partition coefficient (Wildman–Crippen LogP) is 4.20. The molecule has 128 valence electrons. The number of hydrogen-bond donors (Lipinski definition) is 1. The maximum Gasteiger partial charge on any atom is 0.298 e. The number of ether oxygens (including phenoxy) is 1. The molecule has 0 aromatic heterocycles. The van der Waals surface area contributed by atoms with Gasteiger partial charge in [0.1, 0.15) is 0 Å². The van der Waals surface area contributed by atoms with E-state index in [0.717, 1.165) is 23.7 Å². The van der Waals surface area contributed by atoms with Crippen LogP contribution < -0.4 is 9.64 Å². The number of rotatable bonds is 4. The second-order valence-electron chi connectivity index (χ2n) is 5.43. The topological polar surface area (TPSA) is 66.8 Å². The Morgan fingerprint density at radius 2 is 1.96 bits per heavy atom. The van der Waals surface area contributed by atoms with E-state index < -0.39 is 0 Å². The van der Waals surface area contributed by atoms with Gasteiger partial charge >= 0.3 is 0 Å². The maximum atomic E-state index is 12.7. The molecule has 0 aliphatic carbocycles. The summed E-state index contributed by atoms with van der Waals surface area (Å²) in [6, 6.07) is 12.2. The molecule has 6 heteroatoms. The van der Waals surface area contributed by atoms with Crippen molar-refractivity contribution in [2.45, 2.75) is 13.3 Å². The van der Waals surface area contributed by atoms with Crippen LogP contribution in [-0.2, 0) is 11.2 Å². The number of carbonyl (C=O) groups excluding carboxylic acids is 2. The summed E-state index contributed by atoms with van der Waals surface area (Å²) >= 11 is 0.904. The fraction of sp³-hybridized carbons (Fsp3) is 0.158. The first kappa shape index (κ1) is 17.1. The van der Waals surface area contributed by atoms with Crippen LogP contribution >= 0.6 is 11.8 Å². The van der Waals surface area contributed by atoms with Gasteiger partial charge in [0.15, 0.2) is 11.5 Å². The van der Waals surface area contributed by atoms with Crippen molar-refractivity contribution in [3.05, 3.63) is 58.5 Å². The molecule has 2 amide bonds. The van der Waals surface area contributed by atoms with Crippen molar-refractivity contribution in [2.75, 3.05) is 12.0 Å². The molecule has 1 aliphatic heterocycles. The van der Waals surface area contributed by atoms with Crippen molar-refractivity contribution in [1.29, 1.82) is 0 Å². The molecule has 25 heavy (non-hydrogen) atoms. The molecule has 2 aromatic rings. The number of methoxy groups -OCH3 is 1. The monoisotopic (exact) mass is 355 g/mol. The van der Waals surface area contributed by atoms with Crippen LogP contribution in [-0.4, -0.2) is 23.4 Å². The second-order valence-corrected chi connectivity index (χ2v) is 6.42. The lowest BCUT2D eigenvalue weighted by molar-refractivity contribution is -0.113. The zero-order chi connectivity index (χ0) is 18.0. The van der Waals surface area contributed by atoms with Crippen LogP contribution in [0.5, 0.6) is 11.5 Å². The van der Waals surface area contributed by atoms with Crippen molar-refractivity contribution >= 4 is 34.7 Å². The largest absolute Gasteiger partial charge is 0.504 e. The number of aryl methyl sites for hydroxylation is 1. The number of carbonyl (C=O) groups is 2. The molecule has 0 atom stereocenters. The lowest BCUT2D eigenvalue weighted by Crippen LogP contribution is -2.28. The molecule has 0 unspecified atom stereocenters. The van der Waals surface area contributed by atoms with Gasteiger partial charge in [0.2, 0.25) is 0 Å². The minimum atomic E-state index is -0.344. The van der Waals surface area contributed by atoms with Gasteiger partial charge in [-0.1, -0.05) is 31.2 Å². The van der Waals surface area contributed by atoms with E-state index in [1.807, 2.05) is 25.1 Å². The highest BCUT2D eigenvalue weighted by molar-refractivity contribution is 8.19. The number of aromatic hydroxyl groups is 1. The Balaban J connectivity index is 1.96. The van der Waals surface area contributed by atoms with E-state index in [9.17, 15) is 14.7 Å². The molecule has 1 heterocycles. The highest BCUT2D eigenvalue weighted by atomic mass is 32.2. The molecule has 0 bridgehead atoms. The summed E-state index contributed by atoms with van der Waals surface area (Å²) in [7, 11) is 1.45. The van der Waals surface area contributed by atoms with Crippen molar-refractivity contribution in [1.82, 2.24) is 0 Å². The molecule has 1 N–H and O–H groups in total. The number of amides is 2. The van der Waals surface area contributed by atoms with Crippen LogP contribution in [0, 0.1) is 0 Å². The number of phenolic OH excluding ortho intramolecular Hbond substituents is 1. The molecule has 0 spiro atoms. The van der Waals surface area contributed by atoms with Crippen LogP contribution in [0.4, 0.5) is 10.5 Å². The number of phenols is 1. The predicted molar refractivity (Wildman–Crippen MR) is 98.9 cm³/mol. The smallest absolute Gasteiger partial charge is 0.298 e. The van der Waals surface area contributed by atoms with Crippen molar-refractivity contribution in [3.8, 4) is 11.5 Å². The molecule has 1 fully saturated rings. The van der Waals surface area contributed by atoms with Gasteiger partial charge in [0, 0.05) is 0 Å². The first-order chi connectivity index (χ1) is 12.0. The summed E-state index contributed by atoms with van der Waals surface area (Å²) in [5, 5.41) is 9.34. The molecular weight excluding hydrogens is 338 g/mol. The van der Waals surface area contributed by atoms with Gasteiger partial charge in [0.05, 0.1) is 17.7 Å². The molecular formula is C19H17NO4S. The summed E-state index contributed by atoms with van der Waals surface area (Å²) in [4.78, 5) is 26.7. The average Bonchev–Trinajstić information content (AvgIpc) is 2.90. The number of para-hydroxylation sites is 1. The number of benzene rings is 2. The summed E-state index contributed by atoms with van der Waals surface area (Å²) in [5.74, 6) is -0.0168. The molecule has 0 radical (unpaired) electrons. The SMILES string of the molecule is CCc1ccccc1N1C(=O)S/C(=C\c2ccc(O)c(OC)c2)C1=O. The highest BCUT2D eigenvalue weighted by Gasteiger charge is 2.37. The van der Waals surface area contributed by atoms with E-state index in [1.165, 1.54) is 18.1 Å². The molecule has 2 aromatic carbocycles. The summed E-state index contributed by atoms with van der Waals surface area (Å²) in [6.45, 7) is 1.98. The average molecular weight is 355 g/mol. The van der Waals surface area contributed by atoms with Crippen molar-refractivity contribution in [3.63, 3.8) is 0 Å².